The quantitative estimate of drug-likeness (QED) is 0.740. The first-order chi connectivity index (χ1) is 9.93. The summed E-state index contributed by atoms with van der Waals surface area (Å²) in [4.78, 5) is 22.9. The van der Waals surface area contributed by atoms with Gasteiger partial charge in [-0.15, -0.1) is 0 Å². The molecule has 0 fully saturated rings. The SMILES string of the molecule is CSCC[C@H](NC(N)=O)C(=O)OCc1ccc(Cl)cc1Cl. The molecule has 0 saturated carbocycles. The molecule has 0 aromatic heterocycles. The molecule has 0 spiro atoms. The summed E-state index contributed by atoms with van der Waals surface area (Å²) in [5.74, 6) is 0.149. The molecule has 1 aromatic carbocycles. The smallest absolute Gasteiger partial charge is 0.329 e. The van der Waals surface area contributed by atoms with Crippen molar-refractivity contribution >= 4 is 47.0 Å². The molecule has 5 nitrogen and oxygen atoms in total. The second-order valence-corrected chi connectivity index (χ2v) is 6.02. The number of hydrogen-bond donors (Lipinski definition) is 2. The zero-order chi connectivity index (χ0) is 15.8. The summed E-state index contributed by atoms with van der Waals surface area (Å²) >= 11 is 13.3. The zero-order valence-electron chi connectivity index (χ0n) is 11.4. The van der Waals surface area contributed by atoms with Crippen molar-refractivity contribution in [3.8, 4) is 0 Å². The molecule has 1 aromatic rings. The second-order valence-electron chi connectivity index (χ2n) is 4.19. The lowest BCUT2D eigenvalue weighted by Gasteiger charge is -2.16. The van der Waals surface area contributed by atoms with E-state index in [0.29, 0.717) is 27.8 Å². The highest BCUT2D eigenvalue weighted by atomic mass is 35.5. The van der Waals surface area contributed by atoms with E-state index in [-0.39, 0.29) is 6.61 Å². The van der Waals surface area contributed by atoms with E-state index in [1.165, 1.54) is 0 Å². The van der Waals surface area contributed by atoms with Gasteiger partial charge < -0.3 is 15.8 Å². The van der Waals surface area contributed by atoms with Gasteiger partial charge in [-0.05, 0) is 30.6 Å². The van der Waals surface area contributed by atoms with Crippen LogP contribution in [0.15, 0.2) is 18.2 Å². The highest BCUT2D eigenvalue weighted by Gasteiger charge is 2.21. The molecule has 2 amide bonds. The topological polar surface area (TPSA) is 81.4 Å². The number of nitrogens with two attached hydrogens (primary N) is 1. The fourth-order valence-electron chi connectivity index (χ4n) is 1.54. The van der Waals surface area contributed by atoms with Gasteiger partial charge in [-0.3, -0.25) is 0 Å². The number of amides is 2. The number of primary amides is 1. The fourth-order valence-corrected chi connectivity index (χ4v) is 2.48. The number of ether oxygens (including phenoxy) is 1. The molecule has 0 aliphatic rings. The third-order valence-electron chi connectivity index (χ3n) is 2.60. The molecule has 0 heterocycles. The monoisotopic (exact) mass is 350 g/mol. The van der Waals surface area contributed by atoms with Gasteiger partial charge >= 0.3 is 12.0 Å². The second kappa shape index (κ2) is 9.02. The van der Waals surface area contributed by atoms with Gasteiger partial charge in [-0.1, -0.05) is 29.3 Å². The third-order valence-corrected chi connectivity index (χ3v) is 3.83. The molecule has 0 saturated heterocycles. The van der Waals surface area contributed by atoms with Crippen molar-refractivity contribution in [3.05, 3.63) is 33.8 Å². The van der Waals surface area contributed by atoms with Gasteiger partial charge in [0.1, 0.15) is 12.6 Å². The van der Waals surface area contributed by atoms with Crippen LogP contribution >= 0.6 is 35.0 Å². The van der Waals surface area contributed by atoms with E-state index in [0.717, 1.165) is 0 Å². The van der Waals surface area contributed by atoms with Crippen LogP contribution in [0.4, 0.5) is 4.79 Å². The van der Waals surface area contributed by atoms with Gasteiger partial charge in [0.05, 0.1) is 0 Å². The van der Waals surface area contributed by atoms with Crippen molar-refractivity contribution < 1.29 is 14.3 Å². The van der Waals surface area contributed by atoms with Crippen LogP contribution in [-0.4, -0.2) is 30.1 Å². The first-order valence-electron chi connectivity index (χ1n) is 6.09. The minimum Gasteiger partial charge on any atom is -0.459 e. The van der Waals surface area contributed by atoms with Crippen LogP contribution in [0.5, 0.6) is 0 Å². The Morgan fingerprint density at radius 3 is 2.71 bits per heavy atom. The molecule has 0 aliphatic carbocycles. The maximum Gasteiger partial charge on any atom is 0.329 e. The van der Waals surface area contributed by atoms with Crippen molar-refractivity contribution in [2.45, 2.75) is 19.1 Å². The number of carbonyl (C=O) groups excluding carboxylic acids is 2. The van der Waals surface area contributed by atoms with E-state index in [9.17, 15) is 9.59 Å². The predicted molar refractivity (Wildman–Crippen MR) is 85.8 cm³/mol. The molecule has 0 bridgehead atoms. The van der Waals surface area contributed by atoms with Crippen molar-refractivity contribution in [1.29, 1.82) is 0 Å². The average molecular weight is 351 g/mol. The van der Waals surface area contributed by atoms with E-state index in [1.54, 1.807) is 30.0 Å². The molecule has 1 atom stereocenters. The Labute approximate surface area is 137 Å². The van der Waals surface area contributed by atoms with Crippen LogP contribution in [0.2, 0.25) is 10.0 Å². The standard InChI is InChI=1S/C13H16Cl2N2O3S/c1-21-5-4-11(17-13(16)19)12(18)20-7-8-2-3-9(14)6-10(8)15/h2-3,6,11H,4-5,7H2,1H3,(H3,16,17,19)/t11-/m0/s1. The molecule has 0 radical (unpaired) electrons. The average Bonchev–Trinajstić information content (AvgIpc) is 2.41. The molecule has 21 heavy (non-hydrogen) atoms. The number of carbonyl (C=O) groups is 2. The lowest BCUT2D eigenvalue weighted by atomic mass is 10.2. The van der Waals surface area contributed by atoms with Crippen molar-refractivity contribution in [2.75, 3.05) is 12.0 Å². The first-order valence-corrected chi connectivity index (χ1v) is 8.24. The summed E-state index contributed by atoms with van der Waals surface area (Å²) in [5.41, 5.74) is 5.69. The van der Waals surface area contributed by atoms with Crippen molar-refractivity contribution in [2.24, 2.45) is 5.73 Å². The van der Waals surface area contributed by atoms with E-state index < -0.39 is 18.0 Å². The van der Waals surface area contributed by atoms with E-state index in [2.05, 4.69) is 5.32 Å². The van der Waals surface area contributed by atoms with Crippen LogP contribution in [0, 0.1) is 0 Å². The van der Waals surface area contributed by atoms with Gasteiger partial charge in [0.2, 0.25) is 0 Å². The number of rotatable bonds is 7. The zero-order valence-corrected chi connectivity index (χ0v) is 13.7. The van der Waals surface area contributed by atoms with Gasteiger partial charge in [-0.25, -0.2) is 9.59 Å². The molecule has 8 heteroatoms. The van der Waals surface area contributed by atoms with E-state index >= 15 is 0 Å². The number of thioether (sulfide) groups is 1. The Bertz CT molecular complexity index is 514. The Morgan fingerprint density at radius 2 is 2.14 bits per heavy atom. The summed E-state index contributed by atoms with van der Waals surface area (Å²) in [6.45, 7) is 0.00501. The predicted octanol–water partition coefficient (Wildman–Crippen LogP) is 2.83. The van der Waals surface area contributed by atoms with Crippen LogP contribution in [0.3, 0.4) is 0 Å². The van der Waals surface area contributed by atoms with Crippen molar-refractivity contribution in [3.63, 3.8) is 0 Å². The van der Waals surface area contributed by atoms with Crippen LogP contribution in [0.25, 0.3) is 0 Å². The highest BCUT2D eigenvalue weighted by molar-refractivity contribution is 7.98. The molecule has 0 aliphatic heterocycles. The minimum atomic E-state index is -0.763. The summed E-state index contributed by atoms with van der Waals surface area (Å²) in [5, 5.41) is 3.29. The summed E-state index contributed by atoms with van der Waals surface area (Å²) in [6.07, 6.45) is 2.34. The van der Waals surface area contributed by atoms with Gasteiger partial charge in [0, 0.05) is 15.6 Å². The Hall–Kier alpha value is -1.11. The Morgan fingerprint density at radius 1 is 1.43 bits per heavy atom. The minimum absolute atomic E-state index is 0.00501. The molecule has 3 N–H and O–H groups in total. The lowest BCUT2D eigenvalue weighted by Crippen LogP contribution is -2.44. The normalized spacial score (nSPS) is 11.8. The molecule has 116 valence electrons. The molecule has 1 rings (SSSR count). The van der Waals surface area contributed by atoms with Gasteiger partial charge in [0.15, 0.2) is 0 Å². The van der Waals surface area contributed by atoms with Gasteiger partial charge in [-0.2, -0.15) is 11.8 Å². The largest absolute Gasteiger partial charge is 0.459 e. The maximum atomic E-state index is 12.0. The number of halogens is 2. The third kappa shape index (κ3) is 6.46. The number of esters is 1. The molecular weight excluding hydrogens is 335 g/mol. The van der Waals surface area contributed by atoms with Crippen molar-refractivity contribution in [1.82, 2.24) is 5.32 Å². The molecule has 0 unspecified atom stereocenters. The number of nitrogens with one attached hydrogen (secondary N) is 1. The van der Waals surface area contributed by atoms with E-state index in [4.69, 9.17) is 33.7 Å². The molecular formula is C13H16Cl2N2O3S. The maximum absolute atomic E-state index is 12.0. The first kappa shape index (κ1) is 17.9. The highest BCUT2D eigenvalue weighted by Crippen LogP contribution is 2.21. The lowest BCUT2D eigenvalue weighted by molar-refractivity contribution is -0.147. The summed E-state index contributed by atoms with van der Waals surface area (Å²) < 4.78 is 5.16. The fraction of sp³-hybridized carbons (Fsp3) is 0.385. The number of urea groups is 1. The van der Waals surface area contributed by atoms with Gasteiger partial charge in [0.25, 0.3) is 0 Å². The van der Waals surface area contributed by atoms with Crippen LogP contribution < -0.4 is 11.1 Å². The van der Waals surface area contributed by atoms with Crippen LogP contribution in [0.1, 0.15) is 12.0 Å². The number of hydrogen-bond acceptors (Lipinski definition) is 4. The summed E-state index contributed by atoms with van der Waals surface area (Å²) in [7, 11) is 0. The number of benzene rings is 1. The Kier molecular flexibility index (Phi) is 7.71. The van der Waals surface area contributed by atoms with Crippen LogP contribution in [-0.2, 0) is 16.1 Å². The van der Waals surface area contributed by atoms with E-state index in [1.807, 2.05) is 6.26 Å². The Balaban J connectivity index is 2.61. The summed E-state index contributed by atoms with van der Waals surface area (Å²) in [6, 6.07) is 3.38.